The van der Waals surface area contributed by atoms with E-state index in [2.05, 4.69) is 32.8 Å². The number of benzene rings is 1. The maximum Gasteiger partial charge on any atom is 0.416 e. The van der Waals surface area contributed by atoms with Crippen LogP contribution in [0, 0.1) is 0 Å². The lowest BCUT2D eigenvalue weighted by molar-refractivity contribution is -0.137. The largest absolute Gasteiger partial charge is 0.416 e. The van der Waals surface area contributed by atoms with Crippen molar-refractivity contribution in [2.24, 2.45) is 0 Å². The van der Waals surface area contributed by atoms with Crippen molar-refractivity contribution in [2.75, 3.05) is 11.1 Å². The van der Waals surface area contributed by atoms with Crippen LogP contribution in [-0.2, 0) is 11.0 Å². The zero-order valence-electron chi connectivity index (χ0n) is 25.3. The van der Waals surface area contributed by atoms with Gasteiger partial charge in [-0.25, -0.2) is 9.97 Å². The molecule has 4 heterocycles. The molecule has 9 nitrogen and oxygen atoms in total. The van der Waals surface area contributed by atoms with Gasteiger partial charge in [0.1, 0.15) is 17.3 Å². The van der Waals surface area contributed by atoms with E-state index in [1.54, 1.807) is 30.5 Å². The van der Waals surface area contributed by atoms with Crippen molar-refractivity contribution in [3.8, 4) is 11.3 Å². The van der Waals surface area contributed by atoms with Crippen LogP contribution in [0.25, 0.3) is 28.2 Å². The van der Waals surface area contributed by atoms with Crippen molar-refractivity contribution < 1.29 is 22.8 Å². The highest BCUT2D eigenvalue weighted by Gasteiger charge is 2.31. The van der Waals surface area contributed by atoms with Crippen molar-refractivity contribution >= 4 is 40.4 Å². The zero-order valence-corrected chi connectivity index (χ0v) is 25.3. The van der Waals surface area contributed by atoms with Crippen LogP contribution >= 0.6 is 0 Å². The topological polar surface area (TPSA) is 128 Å². The van der Waals surface area contributed by atoms with Crippen LogP contribution in [0.4, 0.5) is 24.8 Å². The minimum atomic E-state index is -4.55. The van der Waals surface area contributed by atoms with E-state index in [0.717, 1.165) is 87.2 Å². The normalized spacial score (nSPS) is 19.5. The van der Waals surface area contributed by atoms with Crippen LogP contribution < -0.4 is 16.4 Å². The van der Waals surface area contributed by atoms with Crippen LogP contribution in [0.15, 0.2) is 54.9 Å². The number of fused-ring (bicyclic) bond motifs is 3. The minimum Gasteiger partial charge on any atom is -0.383 e. The Kier molecular flexibility index (Phi) is 9.05. The van der Waals surface area contributed by atoms with E-state index in [-0.39, 0.29) is 29.4 Å². The number of carbonyl (C=O) groups excluding carboxylic acids is 2. The molecule has 2 atom stereocenters. The number of pyridine rings is 2. The predicted molar refractivity (Wildman–Crippen MR) is 171 cm³/mol. The van der Waals surface area contributed by atoms with Gasteiger partial charge in [0.25, 0.3) is 5.91 Å². The second-order valence-corrected chi connectivity index (χ2v) is 12.0. The summed E-state index contributed by atoms with van der Waals surface area (Å²) in [6.07, 6.45) is 11.4. The van der Waals surface area contributed by atoms with E-state index in [4.69, 9.17) is 10.8 Å². The third-order valence-corrected chi connectivity index (χ3v) is 8.71. The Hall–Kier alpha value is -4.74. The number of alkyl halides is 3. The fourth-order valence-electron chi connectivity index (χ4n) is 6.38. The number of nitrogens with two attached hydrogens (primary N) is 1. The van der Waals surface area contributed by atoms with Crippen LogP contribution in [0.5, 0.6) is 0 Å². The summed E-state index contributed by atoms with van der Waals surface area (Å²) in [5, 5.41) is 11.5. The molecular weight excluding hydrogens is 595 g/mol. The van der Waals surface area contributed by atoms with Gasteiger partial charge in [0.05, 0.1) is 22.5 Å². The molecular formula is C34H36F3N7O2. The standard InChI is InChI=1S/C34H36F3N7O2/c35-34(36,37)24-16-17-39-27(18-24)42-33(46)22-14-12-21(13-15-22)30-29-31-23(20-40-32(29)38)8-5-3-1-2-4-6-11-28(45)41-25-9-7-10-26(19-25)44(31)43-30/h5,8,12-18,20,25-26H,1-4,6-7,9-11,19H2,(H2,38,40)(H,41,45)(H,39,42,46)/t25-,26-/m1/s1. The lowest BCUT2D eigenvalue weighted by Crippen LogP contribution is -2.39. The van der Waals surface area contributed by atoms with Crippen molar-refractivity contribution in [1.29, 1.82) is 0 Å². The number of nitrogen functional groups attached to an aromatic ring is 1. The van der Waals surface area contributed by atoms with E-state index in [1.807, 2.05) is 4.68 Å². The molecule has 1 aliphatic carbocycles. The molecule has 1 aliphatic heterocycles. The molecule has 3 aromatic heterocycles. The number of hydrogen-bond donors (Lipinski definition) is 3. The number of anilines is 2. The number of amides is 2. The van der Waals surface area contributed by atoms with Crippen molar-refractivity contribution in [3.05, 3.63) is 71.6 Å². The van der Waals surface area contributed by atoms with Gasteiger partial charge in [-0.05, 0) is 69.2 Å². The van der Waals surface area contributed by atoms with Gasteiger partial charge in [-0.15, -0.1) is 0 Å². The van der Waals surface area contributed by atoms with E-state index in [1.165, 1.54) is 0 Å². The van der Waals surface area contributed by atoms with Crippen LogP contribution in [0.1, 0.15) is 91.7 Å². The Morgan fingerprint density at radius 3 is 2.63 bits per heavy atom. The molecule has 2 bridgehead atoms. The Balaban J connectivity index is 1.35. The molecule has 0 saturated heterocycles. The molecule has 12 heteroatoms. The molecule has 4 aromatic rings. The lowest BCUT2D eigenvalue weighted by Gasteiger charge is -2.30. The summed E-state index contributed by atoms with van der Waals surface area (Å²) in [5.41, 5.74) is 8.96. The second-order valence-electron chi connectivity index (χ2n) is 12.0. The first-order chi connectivity index (χ1) is 22.2. The monoisotopic (exact) mass is 631 g/mol. The summed E-state index contributed by atoms with van der Waals surface area (Å²) in [5.74, 6) is -0.357. The fraction of sp³-hybridized carbons (Fsp3) is 0.382. The first kappa shape index (κ1) is 31.3. The molecule has 0 unspecified atom stereocenters. The lowest BCUT2D eigenvalue weighted by atomic mass is 9.90. The summed E-state index contributed by atoms with van der Waals surface area (Å²) >= 11 is 0. The number of halogens is 3. The third-order valence-electron chi connectivity index (χ3n) is 8.71. The quantitative estimate of drug-likeness (QED) is 0.218. The van der Waals surface area contributed by atoms with Gasteiger partial charge in [-0.3, -0.25) is 14.3 Å². The summed E-state index contributed by atoms with van der Waals surface area (Å²) in [4.78, 5) is 34.0. The van der Waals surface area contributed by atoms with E-state index < -0.39 is 17.6 Å². The van der Waals surface area contributed by atoms with E-state index >= 15 is 0 Å². The maximum atomic E-state index is 13.1. The first-order valence-corrected chi connectivity index (χ1v) is 15.7. The van der Waals surface area contributed by atoms with Crippen molar-refractivity contribution in [3.63, 3.8) is 0 Å². The number of nitrogens with zero attached hydrogens (tertiary/aromatic N) is 4. The van der Waals surface area contributed by atoms with Crippen molar-refractivity contribution in [2.45, 2.75) is 82.5 Å². The molecule has 1 fully saturated rings. The van der Waals surface area contributed by atoms with Gasteiger partial charge in [-0.1, -0.05) is 37.1 Å². The summed E-state index contributed by atoms with van der Waals surface area (Å²) < 4.78 is 41.4. The van der Waals surface area contributed by atoms with Gasteiger partial charge < -0.3 is 16.4 Å². The van der Waals surface area contributed by atoms with Gasteiger partial charge in [0.2, 0.25) is 5.91 Å². The van der Waals surface area contributed by atoms with Gasteiger partial charge >= 0.3 is 6.18 Å². The second kappa shape index (κ2) is 13.3. The summed E-state index contributed by atoms with van der Waals surface area (Å²) in [6.45, 7) is 0. The molecule has 6 rings (SSSR count). The smallest absolute Gasteiger partial charge is 0.383 e. The molecule has 1 aromatic carbocycles. The third kappa shape index (κ3) is 6.90. The SMILES string of the molecule is Nc1ncc2c3c1c(-c1ccc(C(=O)Nc4cc(C(F)(F)F)ccn4)cc1)nn3[C@@H]1CCC[C@H](C1)NC(=O)CCCCCCC=C2. The van der Waals surface area contributed by atoms with E-state index in [0.29, 0.717) is 28.9 Å². The highest BCUT2D eigenvalue weighted by Crippen LogP contribution is 2.39. The Bertz CT molecular complexity index is 1770. The molecule has 0 spiro atoms. The van der Waals surface area contributed by atoms with Crippen molar-refractivity contribution in [1.82, 2.24) is 25.1 Å². The average Bonchev–Trinajstić information content (AvgIpc) is 3.45. The number of aromatic nitrogens is 4. The van der Waals surface area contributed by atoms with E-state index in [9.17, 15) is 22.8 Å². The van der Waals surface area contributed by atoms with Gasteiger partial charge in [0.15, 0.2) is 0 Å². The molecule has 1 saturated carbocycles. The van der Waals surface area contributed by atoms with Gasteiger partial charge in [-0.2, -0.15) is 18.3 Å². The first-order valence-electron chi connectivity index (χ1n) is 15.7. The van der Waals surface area contributed by atoms with Crippen LogP contribution in [0.2, 0.25) is 0 Å². The Morgan fingerprint density at radius 1 is 1.02 bits per heavy atom. The maximum absolute atomic E-state index is 13.1. The number of rotatable bonds is 3. The average molecular weight is 632 g/mol. The molecule has 4 N–H and O–H groups in total. The minimum absolute atomic E-state index is 0.0298. The summed E-state index contributed by atoms with van der Waals surface area (Å²) in [6, 6.07) is 8.38. The van der Waals surface area contributed by atoms with Crippen LogP contribution in [-0.4, -0.2) is 37.6 Å². The molecule has 0 radical (unpaired) electrons. The highest BCUT2D eigenvalue weighted by atomic mass is 19.4. The number of carbonyl (C=O) groups is 2. The fourth-order valence-corrected chi connectivity index (χ4v) is 6.38. The highest BCUT2D eigenvalue weighted by molar-refractivity contribution is 6.06. The molecule has 46 heavy (non-hydrogen) atoms. The Morgan fingerprint density at radius 2 is 1.83 bits per heavy atom. The number of hydrogen-bond acceptors (Lipinski definition) is 6. The predicted octanol–water partition coefficient (Wildman–Crippen LogP) is 7.31. The number of allylic oxidation sites excluding steroid dienone is 1. The molecule has 240 valence electrons. The Labute approximate surface area is 264 Å². The van der Waals surface area contributed by atoms with Gasteiger partial charge in [0, 0.05) is 41.5 Å². The molecule has 2 aliphatic rings. The number of nitrogens with one attached hydrogen (secondary N) is 2. The molecule has 2 amide bonds. The van der Waals surface area contributed by atoms with Crippen LogP contribution in [0.3, 0.4) is 0 Å². The zero-order chi connectivity index (χ0) is 32.3. The summed E-state index contributed by atoms with van der Waals surface area (Å²) in [7, 11) is 0.